The molecule has 1 heterocycles. The molecule has 3 nitrogen and oxygen atoms in total. The van der Waals surface area contributed by atoms with Crippen molar-refractivity contribution in [2.45, 2.75) is 23.5 Å². The van der Waals surface area contributed by atoms with E-state index in [1.54, 1.807) is 25.1 Å². The van der Waals surface area contributed by atoms with Gasteiger partial charge in [0.2, 0.25) is 0 Å². The second-order valence-corrected chi connectivity index (χ2v) is 4.96. The van der Waals surface area contributed by atoms with E-state index in [4.69, 9.17) is 9.84 Å². The molecule has 4 heteroatoms. The van der Waals surface area contributed by atoms with Crippen LogP contribution in [0.15, 0.2) is 46.5 Å². The third-order valence-electron chi connectivity index (χ3n) is 2.54. The van der Waals surface area contributed by atoms with Gasteiger partial charge in [0.05, 0.1) is 13.7 Å². The van der Waals surface area contributed by atoms with Crippen LogP contribution in [0.4, 0.5) is 0 Å². The number of rotatable bonds is 4. The number of ether oxygens (including phenoxy) is 1. The average Bonchev–Trinajstić information content (AvgIpc) is 2.42. The zero-order chi connectivity index (χ0) is 13.0. The highest BCUT2D eigenvalue weighted by Crippen LogP contribution is 2.29. The second-order valence-electron chi connectivity index (χ2n) is 3.90. The number of hydrogen-bond donors (Lipinski definition) is 1. The van der Waals surface area contributed by atoms with Crippen LogP contribution in [-0.4, -0.2) is 17.2 Å². The maximum atomic E-state index is 9.04. The van der Waals surface area contributed by atoms with Gasteiger partial charge >= 0.3 is 0 Å². The zero-order valence-corrected chi connectivity index (χ0v) is 11.2. The monoisotopic (exact) mass is 261 g/mol. The number of hydrogen-bond acceptors (Lipinski definition) is 4. The number of methoxy groups -OCH3 is 1. The summed E-state index contributed by atoms with van der Waals surface area (Å²) in [5.74, 6) is 0.847. The van der Waals surface area contributed by atoms with Gasteiger partial charge in [0, 0.05) is 11.1 Å². The quantitative estimate of drug-likeness (QED) is 0.918. The van der Waals surface area contributed by atoms with E-state index in [1.807, 2.05) is 37.3 Å². The SMILES string of the molecule is COc1ccc(Sc2ncc(CO)cc2C)cc1. The van der Waals surface area contributed by atoms with E-state index in [9.17, 15) is 0 Å². The molecule has 0 aliphatic carbocycles. The minimum absolute atomic E-state index is 0.0291. The molecule has 0 spiro atoms. The number of aliphatic hydroxyl groups excluding tert-OH is 1. The highest BCUT2D eigenvalue weighted by atomic mass is 32.2. The van der Waals surface area contributed by atoms with Crippen LogP contribution in [0.1, 0.15) is 11.1 Å². The third kappa shape index (κ3) is 3.03. The fraction of sp³-hybridized carbons (Fsp3) is 0.214. The van der Waals surface area contributed by atoms with Gasteiger partial charge in [-0.25, -0.2) is 4.98 Å². The van der Waals surface area contributed by atoms with Crippen molar-refractivity contribution >= 4 is 11.8 Å². The van der Waals surface area contributed by atoms with Crippen LogP contribution in [0.3, 0.4) is 0 Å². The standard InChI is InChI=1S/C14H15NO2S/c1-10-7-11(9-16)8-15-14(10)18-13-5-3-12(17-2)4-6-13/h3-8,16H,9H2,1-2H3. The first-order valence-corrected chi connectivity index (χ1v) is 6.43. The maximum absolute atomic E-state index is 9.04. The molecule has 0 atom stereocenters. The van der Waals surface area contributed by atoms with Crippen LogP contribution in [-0.2, 0) is 6.61 Å². The predicted octanol–water partition coefficient (Wildman–Crippen LogP) is 3.04. The van der Waals surface area contributed by atoms with Crippen molar-refractivity contribution in [3.63, 3.8) is 0 Å². The van der Waals surface area contributed by atoms with Crippen LogP contribution in [0, 0.1) is 6.92 Å². The first kappa shape index (κ1) is 12.9. The number of aromatic nitrogens is 1. The molecule has 0 aliphatic heterocycles. The lowest BCUT2D eigenvalue weighted by Crippen LogP contribution is -1.91. The highest BCUT2D eigenvalue weighted by Gasteiger charge is 2.04. The summed E-state index contributed by atoms with van der Waals surface area (Å²) in [4.78, 5) is 5.47. The lowest BCUT2D eigenvalue weighted by atomic mass is 10.2. The maximum Gasteiger partial charge on any atom is 0.118 e. The number of benzene rings is 1. The summed E-state index contributed by atoms with van der Waals surface area (Å²) >= 11 is 1.60. The first-order chi connectivity index (χ1) is 8.72. The van der Waals surface area contributed by atoms with Gasteiger partial charge in [-0.15, -0.1) is 0 Å². The predicted molar refractivity (Wildman–Crippen MR) is 72.0 cm³/mol. The Morgan fingerprint density at radius 2 is 2.00 bits per heavy atom. The largest absolute Gasteiger partial charge is 0.497 e. The normalized spacial score (nSPS) is 10.4. The minimum Gasteiger partial charge on any atom is -0.497 e. The van der Waals surface area contributed by atoms with E-state index in [0.29, 0.717) is 0 Å². The molecule has 2 rings (SSSR count). The number of nitrogens with zero attached hydrogens (tertiary/aromatic N) is 1. The van der Waals surface area contributed by atoms with E-state index in [-0.39, 0.29) is 6.61 Å². The molecule has 1 aromatic carbocycles. The van der Waals surface area contributed by atoms with E-state index >= 15 is 0 Å². The summed E-state index contributed by atoms with van der Waals surface area (Å²) in [5, 5.41) is 10.00. The molecule has 18 heavy (non-hydrogen) atoms. The molecular formula is C14H15NO2S. The Hall–Kier alpha value is -1.52. The van der Waals surface area contributed by atoms with Gasteiger partial charge < -0.3 is 9.84 Å². The van der Waals surface area contributed by atoms with Gasteiger partial charge in [-0.2, -0.15) is 0 Å². The summed E-state index contributed by atoms with van der Waals surface area (Å²) in [5.41, 5.74) is 1.91. The molecule has 94 valence electrons. The van der Waals surface area contributed by atoms with Crippen molar-refractivity contribution < 1.29 is 9.84 Å². The van der Waals surface area contributed by atoms with Gasteiger partial charge in [-0.05, 0) is 48.4 Å². The zero-order valence-electron chi connectivity index (χ0n) is 10.4. The molecule has 0 saturated heterocycles. The molecular weight excluding hydrogens is 246 g/mol. The van der Waals surface area contributed by atoms with Crippen molar-refractivity contribution in [2.24, 2.45) is 0 Å². The Kier molecular flexibility index (Phi) is 4.23. The van der Waals surface area contributed by atoms with E-state index in [1.165, 1.54) is 0 Å². The minimum atomic E-state index is 0.0291. The summed E-state index contributed by atoms with van der Waals surface area (Å²) in [6.07, 6.45) is 1.71. The molecule has 0 amide bonds. The fourth-order valence-electron chi connectivity index (χ4n) is 1.57. The van der Waals surface area contributed by atoms with Crippen LogP contribution in [0.2, 0.25) is 0 Å². The fourth-order valence-corrected chi connectivity index (χ4v) is 2.39. The number of pyridine rings is 1. The Morgan fingerprint density at radius 3 is 2.56 bits per heavy atom. The van der Waals surface area contributed by atoms with Gasteiger partial charge in [0.15, 0.2) is 0 Å². The Morgan fingerprint density at radius 1 is 1.28 bits per heavy atom. The van der Waals surface area contributed by atoms with Gasteiger partial charge in [0.25, 0.3) is 0 Å². The highest BCUT2D eigenvalue weighted by molar-refractivity contribution is 7.99. The average molecular weight is 261 g/mol. The van der Waals surface area contributed by atoms with Crippen LogP contribution in [0.25, 0.3) is 0 Å². The van der Waals surface area contributed by atoms with Gasteiger partial charge in [-0.1, -0.05) is 11.8 Å². The second kappa shape index (κ2) is 5.89. The first-order valence-electron chi connectivity index (χ1n) is 5.61. The van der Waals surface area contributed by atoms with Crippen molar-refractivity contribution in [1.29, 1.82) is 0 Å². The summed E-state index contributed by atoms with van der Waals surface area (Å²) in [6, 6.07) is 9.83. The molecule has 0 fully saturated rings. The lowest BCUT2D eigenvalue weighted by molar-refractivity contribution is 0.281. The van der Waals surface area contributed by atoms with E-state index < -0.39 is 0 Å². The van der Waals surface area contributed by atoms with Crippen LogP contribution in [0.5, 0.6) is 5.75 Å². The molecule has 0 bridgehead atoms. The molecule has 1 aromatic heterocycles. The van der Waals surface area contributed by atoms with Crippen molar-refractivity contribution in [3.8, 4) is 5.75 Å². The van der Waals surface area contributed by atoms with Crippen molar-refractivity contribution in [2.75, 3.05) is 7.11 Å². The molecule has 0 unspecified atom stereocenters. The van der Waals surface area contributed by atoms with Crippen LogP contribution >= 0.6 is 11.8 Å². The van der Waals surface area contributed by atoms with Gasteiger partial charge in [-0.3, -0.25) is 0 Å². The van der Waals surface area contributed by atoms with Gasteiger partial charge in [0.1, 0.15) is 10.8 Å². The smallest absolute Gasteiger partial charge is 0.118 e. The van der Waals surface area contributed by atoms with Crippen LogP contribution < -0.4 is 4.74 Å². The van der Waals surface area contributed by atoms with Crippen molar-refractivity contribution in [1.82, 2.24) is 4.98 Å². The van der Waals surface area contributed by atoms with E-state index in [2.05, 4.69) is 4.98 Å². The van der Waals surface area contributed by atoms with E-state index in [0.717, 1.165) is 26.8 Å². The Balaban J connectivity index is 2.17. The molecule has 0 radical (unpaired) electrons. The summed E-state index contributed by atoms with van der Waals surface area (Å²) in [7, 11) is 1.65. The molecule has 0 saturated carbocycles. The lowest BCUT2D eigenvalue weighted by Gasteiger charge is -2.06. The Bertz CT molecular complexity index is 526. The number of aryl methyl sites for hydroxylation is 1. The molecule has 0 aliphatic rings. The Labute approximate surface area is 111 Å². The number of aliphatic hydroxyl groups is 1. The topological polar surface area (TPSA) is 42.4 Å². The third-order valence-corrected chi connectivity index (χ3v) is 3.67. The summed E-state index contributed by atoms with van der Waals surface area (Å²) in [6.45, 7) is 2.03. The molecule has 1 N–H and O–H groups in total. The van der Waals surface area contributed by atoms with Crippen molar-refractivity contribution in [3.05, 3.63) is 47.7 Å². The molecule has 2 aromatic rings. The summed E-state index contributed by atoms with van der Waals surface area (Å²) < 4.78 is 5.12.